The Morgan fingerprint density at radius 3 is 2.85 bits per heavy atom. The molecule has 0 bridgehead atoms. The van der Waals surface area contributed by atoms with Crippen LogP contribution in [0.1, 0.15) is 6.42 Å². The van der Waals surface area contributed by atoms with Gasteiger partial charge in [-0.3, -0.25) is 14.6 Å². The fourth-order valence-electron chi connectivity index (χ4n) is 2.36. The summed E-state index contributed by atoms with van der Waals surface area (Å²) in [6.07, 6.45) is 0.263. The van der Waals surface area contributed by atoms with Gasteiger partial charge in [0.2, 0.25) is 11.8 Å². The highest BCUT2D eigenvalue weighted by Crippen LogP contribution is 2.25. The molecule has 2 aliphatic rings. The molecule has 20 heavy (non-hydrogen) atoms. The van der Waals surface area contributed by atoms with Crippen molar-refractivity contribution in [1.29, 1.82) is 0 Å². The lowest BCUT2D eigenvalue weighted by Gasteiger charge is -2.16. The fourth-order valence-corrected chi connectivity index (χ4v) is 3.09. The van der Waals surface area contributed by atoms with Crippen LogP contribution in [0.2, 0.25) is 0 Å². The van der Waals surface area contributed by atoms with Crippen LogP contribution < -0.4 is 10.2 Å². The van der Waals surface area contributed by atoms with Gasteiger partial charge in [0.15, 0.2) is 5.17 Å². The maximum Gasteiger partial charge on any atom is 0.231 e. The normalized spacial score (nSPS) is 22.0. The van der Waals surface area contributed by atoms with E-state index in [0.717, 1.165) is 18.0 Å². The molecule has 0 unspecified atom stereocenters. The van der Waals surface area contributed by atoms with Gasteiger partial charge in [-0.15, -0.1) is 0 Å². The summed E-state index contributed by atoms with van der Waals surface area (Å²) in [5.74, 6) is 0.504. The summed E-state index contributed by atoms with van der Waals surface area (Å²) in [6.45, 7) is 1.19. The lowest BCUT2D eigenvalue weighted by molar-refractivity contribution is -0.125. The molecule has 1 atom stereocenters. The van der Waals surface area contributed by atoms with E-state index in [1.54, 1.807) is 16.7 Å². The highest BCUT2D eigenvalue weighted by atomic mass is 32.2. The number of anilines is 1. The SMILES string of the molecule is O=C(NC1=NCCS1)[C@@H]1CC(=O)N(c2ccccc2)C1. The van der Waals surface area contributed by atoms with E-state index in [4.69, 9.17) is 0 Å². The number of carbonyl (C=O) groups excluding carboxylic acids is 2. The molecule has 5 nitrogen and oxygen atoms in total. The Hall–Kier alpha value is -1.82. The van der Waals surface area contributed by atoms with Gasteiger partial charge >= 0.3 is 0 Å². The van der Waals surface area contributed by atoms with Crippen molar-refractivity contribution in [2.45, 2.75) is 6.42 Å². The second-order valence-corrected chi connectivity index (χ2v) is 5.85. The monoisotopic (exact) mass is 289 g/mol. The third-order valence-electron chi connectivity index (χ3n) is 3.38. The number of aliphatic imine (C=N–C) groups is 1. The average molecular weight is 289 g/mol. The standard InChI is InChI=1S/C14H15N3O2S/c18-12-8-10(13(19)16-14-15-6-7-20-14)9-17(12)11-4-2-1-3-5-11/h1-5,10H,6-9H2,(H,15,16,19)/t10-/m1/s1. The Labute approximate surface area is 121 Å². The molecule has 0 aromatic heterocycles. The number of para-hydroxylation sites is 1. The lowest BCUT2D eigenvalue weighted by Crippen LogP contribution is -2.35. The summed E-state index contributed by atoms with van der Waals surface area (Å²) >= 11 is 1.55. The van der Waals surface area contributed by atoms with E-state index >= 15 is 0 Å². The van der Waals surface area contributed by atoms with Crippen LogP contribution in [0.3, 0.4) is 0 Å². The molecule has 6 heteroatoms. The van der Waals surface area contributed by atoms with E-state index in [1.807, 2.05) is 30.3 Å². The van der Waals surface area contributed by atoms with E-state index in [1.165, 1.54) is 0 Å². The lowest BCUT2D eigenvalue weighted by atomic mass is 10.1. The maximum absolute atomic E-state index is 12.1. The van der Waals surface area contributed by atoms with Gasteiger partial charge in [-0.25, -0.2) is 0 Å². The average Bonchev–Trinajstić information content (AvgIpc) is 3.09. The fraction of sp³-hybridized carbons (Fsp3) is 0.357. The molecule has 0 spiro atoms. The van der Waals surface area contributed by atoms with E-state index in [0.29, 0.717) is 11.7 Å². The largest absolute Gasteiger partial charge is 0.312 e. The van der Waals surface area contributed by atoms with Crippen molar-refractivity contribution in [3.8, 4) is 0 Å². The third kappa shape index (κ3) is 2.70. The van der Waals surface area contributed by atoms with Crippen molar-refractivity contribution >= 4 is 34.4 Å². The molecule has 0 aliphatic carbocycles. The number of hydrogen-bond donors (Lipinski definition) is 1. The van der Waals surface area contributed by atoms with Gasteiger partial charge in [-0.2, -0.15) is 0 Å². The summed E-state index contributed by atoms with van der Waals surface area (Å²) in [6, 6.07) is 9.45. The molecule has 3 rings (SSSR count). The highest BCUT2D eigenvalue weighted by Gasteiger charge is 2.35. The van der Waals surface area contributed by atoms with Gasteiger partial charge in [0.1, 0.15) is 0 Å². The van der Waals surface area contributed by atoms with Crippen LogP contribution in [-0.4, -0.2) is 35.8 Å². The van der Waals surface area contributed by atoms with Gasteiger partial charge in [-0.05, 0) is 12.1 Å². The second kappa shape index (κ2) is 5.66. The van der Waals surface area contributed by atoms with Crippen LogP contribution in [-0.2, 0) is 9.59 Å². The molecular weight excluding hydrogens is 274 g/mol. The highest BCUT2D eigenvalue weighted by molar-refractivity contribution is 8.14. The third-order valence-corrected chi connectivity index (χ3v) is 4.27. The van der Waals surface area contributed by atoms with E-state index < -0.39 is 0 Å². The number of benzene rings is 1. The summed E-state index contributed by atoms with van der Waals surface area (Å²) in [4.78, 5) is 30.0. The Bertz CT molecular complexity index is 559. The summed E-state index contributed by atoms with van der Waals surface area (Å²) < 4.78 is 0. The minimum absolute atomic E-state index is 0.00244. The van der Waals surface area contributed by atoms with Gasteiger partial charge < -0.3 is 10.2 Å². The summed E-state index contributed by atoms with van der Waals surface area (Å²) in [7, 11) is 0. The number of amides is 2. The van der Waals surface area contributed by atoms with Crippen molar-refractivity contribution in [2.75, 3.05) is 23.7 Å². The predicted octanol–water partition coefficient (Wildman–Crippen LogP) is 1.26. The molecule has 1 N–H and O–H groups in total. The quantitative estimate of drug-likeness (QED) is 0.891. The first kappa shape index (κ1) is 13.2. The zero-order chi connectivity index (χ0) is 13.9. The van der Waals surface area contributed by atoms with Crippen molar-refractivity contribution in [3.63, 3.8) is 0 Å². The minimum atomic E-state index is -0.299. The Morgan fingerprint density at radius 2 is 2.15 bits per heavy atom. The molecule has 2 amide bonds. The number of nitrogens with one attached hydrogen (secondary N) is 1. The molecule has 0 radical (unpaired) electrons. The first-order valence-electron chi connectivity index (χ1n) is 6.57. The summed E-state index contributed by atoms with van der Waals surface area (Å²) in [5.41, 5.74) is 0.848. The van der Waals surface area contributed by atoms with Gasteiger partial charge in [0, 0.05) is 24.4 Å². The van der Waals surface area contributed by atoms with E-state index in [-0.39, 0.29) is 24.2 Å². The van der Waals surface area contributed by atoms with Crippen LogP contribution in [0.5, 0.6) is 0 Å². The van der Waals surface area contributed by atoms with Crippen molar-refractivity contribution < 1.29 is 9.59 Å². The van der Waals surface area contributed by atoms with Gasteiger partial charge in [0.25, 0.3) is 0 Å². The van der Waals surface area contributed by atoms with Crippen LogP contribution in [0.15, 0.2) is 35.3 Å². The second-order valence-electron chi connectivity index (χ2n) is 4.77. The first-order chi connectivity index (χ1) is 9.74. The molecule has 1 aromatic carbocycles. The molecule has 2 heterocycles. The maximum atomic E-state index is 12.1. The van der Waals surface area contributed by atoms with Crippen molar-refractivity contribution in [2.24, 2.45) is 10.9 Å². The van der Waals surface area contributed by atoms with Crippen LogP contribution in [0.4, 0.5) is 5.69 Å². The molecule has 2 aliphatic heterocycles. The number of thioether (sulfide) groups is 1. The molecule has 104 valence electrons. The Balaban J connectivity index is 1.66. The molecule has 1 aromatic rings. The predicted molar refractivity (Wildman–Crippen MR) is 79.8 cm³/mol. The number of rotatable bonds is 2. The minimum Gasteiger partial charge on any atom is -0.312 e. The van der Waals surface area contributed by atoms with Crippen molar-refractivity contribution in [1.82, 2.24) is 5.32 Å². The number of carbonyl (C=O) groups is 2. The molecular formula is C14H15N3O2S. The zero-order valence-electron chi connectivity index (χ0n) is 10.9. The molecule has 1 fully saturated rings. The van der Waals surface area contributed by atoms with Gasteiger partial charge in [0.05, 0.1) is 12.5 Å². The number of hydrogen-bond acceptors (Lipinski definition) is 4. The molecule has 1 saturated heterocycles. The van der Waals surface area contributed by atoms with Crippen LogP contribution in [0, 0.1) is 5.92 Å². The summed E-state index contributed by atoms with van der Waals surface area (Å²) in [5, 5.41) is 3.49. The van der Waals surface area contributed by atoms with E-state index in [2.05, 4.69) is 10.3 Å². The van der Waals surface area contributed by atoms with Crippen LogP contribution in [0.25, 0.3) is 0 Å². The Kier molecular flexibility index (Phi) is 3.73. The van der Waals surface area contributed by atoms with Gasteiger partial charge in [-0.1, -0.05) is 30.0 Å². The van der Waals surface area contributed by atoms with Crippen LogP contribution >= 0.6 is 11.8 Å². The topological polar surface area (TPSA) is 61.8 Å². The smallest absolute Gasteiger partial charge is 0.231 e. The first-order valence-corrected chi connectivity index (χ1v) is 7.56. The zero-order valence-corrected chi connectivity index (χ0v) is 11.7. The number of nitrogens with zero attached hydrogens (tertiary/aromatic N) is 2. The molecule has 0 saturated carbocycles. The van der Waals surface area contributed by atoms with E-state index in [9.17, 15) is 9.59 Å². The van der Waals surface area contributed by atoms with Crippen molar-refractivity contribution in [3.05, 3.63) is 30.3 Å². The number of amidine groups is 1. The Morgan fingerprint density at radius 1 is 1.35 bits per heavy atom.